The molecule has 110 valence electrons. The van der Waals surface area contributed by atoms with Gasteiger partial charge in [0.1, 0.15) is 5.82 Å². The van der Waals surface area contributed by atoms with Gasteiger partial charge in [-0.1, -0.05) is 23.2 Å². The quantitative estimate of drug-likeness (QED) is 0.844. The maximum Gasteiger partial charge on any atom is 0.226 e. The highest BCUT2D eigenvalue weighted by Gasteiger charge is 2.05. The summed E-state index contributed by atoms with van der Waals surface area (Å²) in [6.07, 6.45) is 0.275. The van der Waals surface area contributed by atoms with Crippen molar-refractivity contribution in [3.8, 4) is 0 Å². The fraction of sp³-hybridized carbons (Fsp3) is 0.133. The number of anilines is 2. The minimum Gasteiger partial charge on any atom is -0.385 e. The summed E-state index contributed by atoms with van der Waals surface area (Å²) < 4.78 is 13.0. The van der Waals surface area contributed by atoms with Crippen molar-refractivity contribution in [1.82, 2.24) is 0 Å². The molecule has 0 saturated heterocycles. The lowest BCUT2D eigenvalue weighted by molar-refractivity contribution is -0.115. The number of nitrogens with one attached hydrogen (secondary N) is 2. The van der Waals surface area contributed by atoms with E-state index in [-0.39, 0.29) is 17.4 Å². The molecule has 0 heterocycles. The summed E-state index contributed by atoms with van der Waals surface area (Å²) in [5, 5.41) is 6.40. The topological polar surface area (TPSA) is 41.1 Å². The molecule has 2 aromatic rings. The Balaban J connectivity index is 1.79. The second kappa shape index (κ2) is 7.29. The SMILES string of the molecule is O=C(CCNc1ccc(Cl)cc1)Nc1ccc(F)c(Cl)c1. The Labute approximate surface area is 132 Å². The molecule has 0 aliphatic carbocycles. The van der Waals surface area contributed by atoms with E-state index in [1.165, 1.54) is 18.2 Å². The summed E-state index contributed by atoms with van der Waals surface area (Å²) in [4.78, 5) is 11.7. The summed E-state index contributed by atoms with van der Waals surface area (Å²) in [5.41, 5.74) is 1.36. The average molecular weight is 327 g/mol. The third-order valence-corrected chi connectivity index (χ3v) is 3.27. The van der Waals surface area contributed by atoms with E-state index in [2.05, 4.69) is 10.6 Å². The van der Waals surface area contributed by atoms with E-state index in [0.717, 1.165) is 5.69 Å². The Kier molecular flexibility index (Phi) is 5.42. The molecule has 0 aliphatic rings. The fourth-order valence-electron chi connectivity index (χ4n) is 1.69. The first-order chi connectivity index (χ1) is 10.0. The molecular formula is C15H13Cl2FN2O. The van der Waals surface area contributed by atoms with Crippen molar-refractivity contribution >= 4 is 40.5 Å². The first kappa shape index (κ1) is 15.6. The van der Waals surface area contributed by atoms with E-state index < -0.39 is 5.82 Å². The van der Waals surface area contributed by atoms with Crippen LogP contribution >= 0.6 is 23.2 Å². The van der Waals surface area contributed by atoms with Gasteiger partial charge in [0.2, 0.25) is 5.91 Å². The van der Waals surface area contributed by atoms with E-state index in [4.69, 9.17) is 23.2 Å². The van der Waals surface area contributed by atoms with Crippen LogP contribution in [0.5, 0.6) is 0 Å². The molecule has 0 spiro atoms. The fourth-order valence-corrected chi connectivity index (χ4v) is 1.99. The number of rotatable bonds is 5. The second-order valence-corrected chi connectivity index (χ2v) is 5.20. The highest BCUT2D eigenvalue weighted by atomic mass is 35.5. The van der Waals surface area contributed by atoms with Gasteiger partial charge >= 0.3 is 0 Å². The molecule has 0 saturated carbocycles. The van der Waals surface area contributed by atoms with Gasteiger partial charge in [-0.15, -0.1) is 0 Å². The van der Waals surface area contributed by atoms with Crippen LogP contribution in [0.4, 0.5) is 15.8 Å². The lowest BCUT2D eigenvalue weighted by Gasteiger charge is -2.08. The van der Waals surface area contributed by atoms with Crippen LogP contribution in [-0.4, -0.2) is 12.5 Å². The van der Waals surface area contributed by atoms with Gasteiger partial charge in [-0.25, -0.2) is 4.39 Å². The van der Waals surface area contributed by atoms with Crippen molar-refractivity contribution in [3.05, 3.63) is 58.3 Å². The number of amides is 1. The molecule has 0 atom stereocenters. The predicted molar refractivity (Wildman–Crippen MR) is 84.6 cm³/mol. The molecule has 2 rings (SSSR count). The van der Waals surface area contributed by atoms with Crippen molar-refractivity contribution in [3.63, 3.8) is 0 Å². The zero-order chi connectivity index (χ0) is 15.2. The van der Waals surface area contributed by atoms with E-state index in [1.807, 2.05) is 12.1 Å². The average Bonchev–Trinajstić information content (AvgIpc) is 2.45. The molecular weight excluding hydrogens is 314 g/mol. The summed E-state index contributed by atoms with van der Waals surface area (Å²) in [5.74, 6) is -0.696. The van der Waals surface area contributed by atoms with Crippen molar-refractivity contribution in [2.45, 2.75) is 6.42 Å². The third kappa shape index (κ3) is 4.92. The van der Waals surface area contributed by atoms with E-state index in [0.29, 0.717) is 17.3 Å². The molecule has 0 bridgehead atoms. The molecule has 0 fully saturated rings. The molecule has 3 nitrogen and oxygen atoms in total. The number of carbonyl (C=O) groups excluding carboxylic acids is 1. The summed E-state index contributed by atoms with van der Waals surface area (Å²) in [7, 11) is 0. The molecule has 0 aliphatic heterocycles. The molecule has 21 heavy (non-hydrogen) atoms. The Bertz CT molecular complexity index is 632. The van der Waals surface area contributed by atoms with Crippen molar-refractivity contribution in [2.24, 2.45) is 0 Å². The second-order valence-electron chi connectivity index (χ2n) is 4.36. The lowest BCUT2D eigenvalue weighted by Crippen LogP contribution is -2.16. The first-order valence-corrected chi connectivity index (χ1v) is 7.04. The molecule has 0 unspecified atom stereocenters. The molecule has 2 N–H and O–H groups in total. The van der Waals surface area contributed by atoms with Crippen LogP contribution in [0.3, 0.4) is 0 Å². The van der Waals surface area contributed by atoms with Gasteiger partial charge < -0.3 is 10.6 Å². The molecule has 2 aromatic carbocycles. The van der Waals surface area contributed by atoms with E-state index >= 15 is 0 Å². The molecule has 6 heteroatoms. The van der Waals surface area contributed by atoms with Crippen molar-refractivity contribution in [1.29, 1.82) is 0 Å². The molecule has 0 radical (unpaired) electrons. The van der Waals surface area contributed by atoms with Crippen LogP contribution in [0, 0.1) is 5.82 Å². The smallest absolute Gasteiger partial charge is 0.226 e. The van der Waals surface area contributed by atoms with E-state index in [1.54, 1.807) is 12.1 Å². The van der Waals surface area contributed by atoms with Crippen LogP contribution in [0.2, 0.25) is 10.0 Å². The summed E-state index contributed by atoms with van der Waals surface area (Å²) in [6, 6.07) is 11.3. The Hall–Kier alpha value is -1.78. The van der Waals surface area contributed by atoms with Crippen LogP contribution in [0.15, 0.2) is 42.5 Å². The number of halogens is 3. The van der Waals surface area contributed by atoms with Crippen LogP contribution < -0.4 is 10.6 Å². The lowest BCUT2D eigenvalue weighted by atomic mass is 10.3. The first-order valence-electron chi connectivity index (χ1n) is 6.29. The minimum atomic E-state index is -0.515. The standard InChI is InChI=1S/C15H13Cl2FN2O/c16-10-1-3-11(4-2-10)19-8-7-15(21)20-12-5-6-14(18)13(17)9-12/h1-6,9,19H,7-8H2,(H,20,21). The predicted octanol–water partition coefficient (Wildman–Crippen LogP) is 4.57. The molecule has 0 aromatic heterocycles. The Morgan fingerprint density at radius 2 is 1.71 bits per heavy atom. The summed E-state index contributed by atoms with van der Waals surface area (Å²) >= 11 is 11.4. The normalized spacial score (nSPS) is 10.2. The Morgan fingerprint density at radius 1 is 1.05 bits per heavy atom. The number of carbonyl (C=O) groups is 1. The highest BCUT2D eigenvalue weighted by molar-refractivity contribution is 6.31. The minimum absolute atomic E-state index is 0.0212. The van der Waals surface area contributed by atoms with Crippen molar-refractivity contribution < 1.29 is 9.18 Å². The van der Waals surface area contributed by atoms with Gasteiger partial charge in [0.05, 0.1) is 5.02 Å². The third-order valence-electron chi connectivity index (χ3n) is 2.73. The maximum atomic E-state index is 13.0. The van der Waals surface area contributed by atoms with Gasteiger partial charge in [0.25, 0.3) is 0 Å². The van der Waals surface area contributed by atoms with Gasteiger partial charge in [-0.05, 0) is 42.5 Å². The van der Waals surface area contributed by atoms with Gasteiger partial charge in [-0.2, -0.15) is 0 Å². The van der Waals surface area contributed by atoms with Gasteiger partial charge in [-0.3, -0.25) is 4.79 Å². The zero-order valence-electron chi connectivity index (χ0n) is 11.0. The van der Waals surface area contributed by atoms with Crippen LogP contribution in [0.1, 0.15) is 6.42 Å². The Morgan fingerprint density at radius 3 is 2.38 bits per heavy atom. The largest absolute Gasteiger partial charge is 0.385 e. The van der Waals surface area contributed by atoms with Crippen LogP contribution in [-0.2, 0) is 4.79 Å². The number of benzene rings is 2. The van der Waals surface area contributed by atoms with Gasteiger partial charge in [0, 0.05) is 29.4 Å². The highest BCUT2D eigenvalue weighted by Crippen LogP contribution is 2.19. The number of hydrogen-bond donors (Lipinski definition) is 2. The van der Waals surface area contributed by atoms with Crippen LogP contribution in [0.25, 0.3) is 0 Å². The maximum absolute atomic E-state index is 13.0. The zero-order valence-corrected chi connectivity index (χ0v) is 12.5. The van der Waals surface area contributed by atoms with E-state index in [9.17, 15) is 9.18 Å². The monoisotopic (exact) mass is 326 g/mol. The van der Waals surface area contributed by atoms with Gasteiger partial charge in [0.15, 0.2) is 0 Å². The number of hydrogen-bond acceptors (Lipinski definition) is 2. The molecule has 1 amide bonds. The van der Waals surface area contributed by atoms with Crippen molar-refractivity contribution in [2.75, 3.05) is 17.2 Å². The summed E-state index contributed by atoms with van der Waals surface area (Å²) in [6.45, 7) is 0.475.